The summed E-state index contributed by atoms with van der Waals surface area (Å²) >= 11 is 0. The third-order valence-corrected chi connectivity index (χ3v) is 2.32. The fraction of sp³-hybridized carbons (Fsp3) is 0. The number of nitrogens with one attached hydrogen (secondary N) is 1. The molecule has 0 aliphatic rings. The molecule has 19 heavy (non-hydrogen) atoms. The Morgan fingerprint density at radius 2 is 1.21 bits per heavy atom. The lowest BCUT2D eigenvalue weighted by atomic mass is 10.2. The molecule has 0 saturated heterocycles. The van der Waals surface area contributed by atoms with Crippen LogP contribution in [-0.4, -0.2) is 0 Å². The summed E-state index contributed by atoms with van der Waals surface area (Å²) in [4.78, 5) is 0. The van der Waals surface area contributed by atoms with E-state index in [1.807, 2.05) is 0 Å². The van der Waals surface area contributed by atoms with Gasteiger partial charge in [-0.25, -0.2) is 22.0 Å². The zero-order valence-electron chi connectivity index (χ0n) is 9.28. The Hall–Kier alpha value is -2.31. The molecule has 0 unspecified atom stereocenters. The topological polar surface area (TPSA) is 38.0 Å². The maximum Gasteiger partial charge on any atom is 0.194 e. The van der Waals surface area contributed by atoms with Crippen LogP contribution in [0.15, 0.2) is 24.3 Å². The first-order valence-electron chi connectivity index (χ1n) is 5.04. The van der Waals surface area contributed by atoms with Gasteiger partial charge in [0.2, 0.25) is 0 Å². The molecule has 0 heterocycles. The molecule has 0 aromatic heterocycles. The minimum atomic E-state index is -1.66. The molecule has 0 saturated carbocycles. The molecule has 3 N–H and O–H groups in total. The third-order valence-electron chi connectivity index (χ3n) is 2.32. The highest BCUT2D eigenvalue weighted by atomic mass is 19.2. The summed E-state index contributed by atoms with van der Waals surface area (Å²) in [5, 5.41) is 2.12. The van der Waals surface area contributed by atoms with Crippen molar-refractivity contribution in [2.45, 2.75) is 0 Å². The standard InChI is InChI=1S/C12H7F5N2/c13-7-3-6(4-8(14)11(7)17)19-12-9(15)1-5(18)2-10(12)16/h1-4,19H,18H2. The summed E-state index contributed by atoms with van der Waals surface area (Å²) in [5.41, 5.74) is 4.10. The Labute approximate surface area is 104 Å². The van der Waals surface area contributed by atoms with E-state index in [0.29, 0.717) is 12.1 Å². The van der Waals surface area contributed by atoms with Crippen LogP contribution in [0.1, 0.15) is 0 Å². The first-order chi connectivity index (χ1) is 8.88. The van der Waals surface area contributed by atoms with Crippen LogP contribution in [0.5, 0.6) is 0 Å². The monoisotopic (exact) mass is 274 g/mol. The summed E-state index contributed by atoms with van der Waals surface area (Å²) in [7, 11) is 0. The highest BCUT2D eigenvalue weighted by molar-refractivity contribution is 5.63. The highest BCUT2D eigenvalue weighted by Gasteiger charge is 2.14. The van der Waals surface area contributed by atoms with E-state index in [1.54, 1.807) is 0 Å². The Bertz CT molecular complexity index is 596. The number of halogens is 5. The number of hydrogen-bond donors (Lipinski definition) is 2. The number of nitrogen functional groups attached to an aromatic ring is 1. The van der Waals surface area contributed by atoms with Crippen LogP contribution in [0, 0.1) is 29.1 Å². The molecule has 2 aromatic rings. The first kappa shape index (κ1) is 13.1. The lowest BCUT2D eigenvalue weighted by molar-refractivity contribution is 0.448. The van der Waals surface area contributed by atoms with Crippen molar-refractivity contribution in [3.8, 4) is 0 Å². The number of rotatable bonds is 2. The van der Waals surface area contributed by atoms with Gasteiger partial charge in [0.05, 0.1) is 0 Å². The Morgan fingerprint density at radius 3 is 1.68 bits per heavy atom. The van der Waals surface area contributed by atoms with Crippen molar-refractivity contribution in [2.24, 2.45) is 0 Å². The van der Waals surface area contributed by atoms with E-state index in [1.165, 1.54) is 0 Å². The lowest BCUT2D eigenvalue weighted by Gasteiger charge is -2.10. The van der Waals surface area contributed by atoms with Crippen LogP contribution in [0.25, 0.3) is 0 Å². The first-order valence-corrected chi connectivity index (χ1v) is 5.04. The van der Waals surface area contributed by atoms with Gasteiger partial charge in [-0.05, 0) is 12.1 Å². The maximum absolute atomic E-state index is 13.4. The largest absolute Gasteiger partial charge is 0.399 e. The van der Waals surface area contributed by atoms with Crippen molar-refractivity contribution in [1.29, 1.82) is 0 Å². The fourth-order valence-electron chi connectivity index (χ4n) is 1.48. The van der Waals surface area contributed by atoms with E-state index in [-0.39, 0.29) is 11.4 Å². The normalized spacial score (nSPS) is 10.6. The van der Waals surface area contributed by atoms with E-state index in [0.717, 1.165) is 12.1 Å². The van der Waals surface area contributed by atoms with Crippen molar-refractivity contribution in [2.75, 3.05) is 11.1 Å². The zero-order valence-corrected chi connectivity index (χ0v) is 9.28. The summed E-state index contributed by atoms with van der Waals surface area (Å²) in [5.74, 6) is -6.69. The predicted molar refractivity (Wildman–Crippen MR) is 60.4 cm³/mol. The van der Waals surface area contributed by atoms with Gasteiger partial charge >= 0.3 is 0 Å². The van der Waals surface area contributed by atoms with Crippen LogP contribution in [0.2, 0.25) is 0 Å². The van der Waals surface area contributed by atoms with Gasteiger partial charge in [-0.2, -0.15) is 0 Å². The van der Waals surface area contributed by atoms with Crippen LogP contribution in [0.4, 0.5) is 39.0 Å². The van der Waals surface area contributed by atoms with Crippen LogP contribution < -0.4 is 11.1 Å². The molecule has 0 bridgehead atoms. The third kappa shape index (κ3) is 2.59. The van der Waals surface area contributed by atoms with Gasteiger partial charge < -0.3 is 11.1 Å². The van der Waals surface area contributed by atoms with Crippen LogP contribution in [0.3, 0.4) is 0 Å². The molecule has 0 aliphatic carbocycles. The van der Waals surface area contributed by atoms with Crippen LogP contribution in [-0.2, 0) is 0 Å². The highest BCUT2D eigenvalue weighted by Crippen LogP contribution is 2.27. The second kappa shape index (κ2) is 4.75. The number of hydrogen-bond acceptors (Lipinski definition) is 2. The molecule has 0 spiro atoms. The van der Waals surface area contributed by atoms with Gasteiger partial charge in [-0.3, -0.25) is 0 Å². The average molecular weight is 274 g/mol. The van der Waals surface area contributed by atoms with Crippen LogP contribution >= 0.6 is 0 Å². The molecule has 100 valence electrons. The van der Waals surface area contributed by atoms with Gasteiger partial charge in [0.25, 0.3) is 0 Å². The molecule has 2 nitrogen and oxygen atoms in total. The molecule has 0 aliphatic heterocycles. The Kier molecular flexibility index (Phi) is 3.28. The molecule has 0 radical (unpaired) electrons. The van der Waals surface area contributed by atoms with E-state index in [9.17, 15) is 22.0 Å². The minimum Gasteiger partial charge on any atom is -0.399 e. The van der Waals surface area contributed by atoms with E-state index in [4.69, 9.17) is 5.73 Å². The fourth-order valence-corrected chi connectivity index (χ4v) is 1.48. The molecule has 0 atom stereocenters. The van der Waals surface area contributed by atoms with E-state index in [2.05, 4.69) is 5.32 Å². The summed E-state index contributed by atoms with van der Waals surface area (Å²) in [6, 6.07) is 2.82. The molecule has 0 fully saturated rings. The van der Waals surface area contributed by atoms with Crippen molar-refractivity contribution in [3.63, 3.8) is 0 Å². The SMILES string of the molecule is Nc1cc(F)c(Nc2cc(F)c(F)c(F)c2)c(F)c1. The number of anilines is 3. The van der Waals surface area contributed by atoms with E-state index >= 15 is 0 Å². The zero-order chi connectivity index (χ0) is 14.2. The second-order valence-electron chi connectivity index (χ2n) is 3.74. The summed E-state index contributed by atoms with van der Waals surface area (Å²) < 4.78 is 65.5. The van der Waals surface area contributed by atoms with Crippen molar-refractivity contribution in [3.05, 3.63) is 53.4 Å². The number of nitrogens with two attached hydrogens (primary N) is 1. The predicted octanol–water partition coefficient (Wildman–Crippen LogP) is 3.71. The Morgan fingerprint density at radius 1 is 0.737 bits per heavy atom. The lowest BCUT2D eigenvalue weighted by Crippen LogP contribution is -2.01. The van der Waals surface area contributed by atoms with Gasteiger partial charge in [0.15, 0.2) is 29.1 Å². The number of benzene rings is 2. The Balaban J connectivity index is 2.42. The van der Waals surface area contributed by atoms with E-state index < -0.39 is 34.8 Å². The minimum absolute atomic E-state index is 0.142. The molecule has 2 aromatic carbocycles. The molecule has 7 heteroatoms. The molecule has 0 amide bonds. The molecule has 2 rings (SSSR count). The average Bonchev–Trinajstić information content (AvgIpc) is 2.30. The van der Waals surface area contributed by atoms with Gasteiger partial charge in [0.1, 0.15) is 5.69 Å². The van der Waals surface area contributed by atoms with Gasteiger partial charge in [-0.1, -0.05) is 0 Å². The van der Waals surface area contributed by atoms with Crippen molar-refractivity contribution in [1.82, 2.24) is 0 Å². The summed E-state index contributed by atoms with van der Waals surface area (Å²) in [6.45, 7) is 0. The van der Waals surface area contributed by atoms with Gasteiger partial charge in [-0.15, -0.1) is 0 Å². The summed E-state index contributed by atoms with van der Waals surface area (Å²) in [6.07, 6.45) is 0. The molecular weight excluding hydrogens is 267 g/mol. The maximum atomic E-state index is 13.4. The smallest absolute Gasteiger partial charge is 0.194 e. The second-order valence-corrected chi connectivity index (χ2v) is 3.74. The van der Waals surface area contributed by atoms with Crippen molar-refractivity contribution < 1.29 is 22.0 Å². The quantitative estimate of drug-likeness (QED) is 0.497. The molecular formula is C12H7F5N2. The van der Waals surface area contributed by atoms with Crippen molar-refractivity contribution >= 4 is 17.1 Å². The van der Waals surface area contributed by atoms with Gasteiger partial charge in [0, 0.05) is 23.5 Å².